The first-order valence-corrected chi connectivity index (χ1v) is 6.64. The second kappa shape index (κ2) is 5.59. The monoisotopic (exact) mass is 265 g/mol. The molecule has 2 unspecified atom stereocenters. The average molecular weight is 265 g/mol. The lowest BCUT2D eigenvalue weighted by Gasteiger charge is -2.21. The van der Waals surface area contributed by atoms with Crippen molar-refractivity contribution < 1.29 is 13.9 Å². The summed E-state index contributed by atoms with van der Waals surface area (Å²) in [5.74, 6) is 0.459. The maximum Gasteiger partial charge on any atom is 0.220 e. The Morgan fingerprint density at radius 3 is 2.79 bits per heavy atom. The summed E-state index contributed by atoms with van der Waals surface area (Å²) in [5.41, 5.74) is 0.863. The molecule has 0 bridgehead atoms. The zero-order chi connectivity index (χ0) is 14.0. The third-order valence-corrected chi connectivity index (χ3v) is 3.57. The van der Waals surface area contributed by atoms with E-state index in [1.165, 1.54) is 13.2 Å². The fraction of sp³-hybridized carbons (Fsp3) is 0.533. The van der Waals surface area contributed by atoms with Crippen molar-refractivity contribution in [1.29, 1.82) is 0 Å². The topological polar surface area (TPSA) is 38.3 Å². The molecule has 1 aromatic rings. The Morgan fingerprint density at radius 1 is 1.47 bits per heavy atom. The predicted octanol–water partition coefficient (Wildman–Crippen LogP) is 2.85. The number of hydrogen-bond donors (Lipinski definition) is 1. The van der Waals surface area contributed by atoms with E-state index in [1.54, 1.807) is 6.07 Å². The lowest BCUT2D eigenvalue weighted by atomic mass is 9.87. The zero-order valence-corrected chi connectivity index (χ0v) is 11.6. The first-order valence-electron chi connectivity index (χ1n) is 6.64. The summed E-state index contributed by atoms with van der Waals surface area (Å²) in [6, 6.07) is 5.05. The molecule has 104 valence electrons. The molecule has 1 N–H and O–H groups in total. The van der Waals surface area contributed by atoms with E-state index in [1.807, 2.05) is 6.07 Å². The highest BCUT2D eigenvalue weighted by molar-refractivity contribution is 5.80. The molecule has 2 atom stereocenters. The summed E-state index contributed by atoms with van der Waals surface area (Å²) >= 11 is 0. The molecule has 0 aromatic heterocycles. The largest absolute Gasteiger partial charge is 0.494 e. The molecular weight excluding hydrogens is 245 g/mol. The van der Waals surface area contributed by atoms with E-state index >= 15 is 0 Å². The number of amides is 1. The maximum atomic E-state index is 13.8. The highest BCUT2D eigenvalue weighted by atomic mass is 19.1. The van der Waals surface area contributed by atoms with Crippen LogP contribution in [-0.4, -0.2) is 19.1 Å². The number of hydrogen-bond acceptors (Lipinski definition) is 2. The van der Waals surface area contributed by atoms with Crippen molar-refractivity contribution >= 4 is 5.91 Å². The van der Waals surface area contributed by atoms with E-state index in [0.29, 0.717) is 12.3 Å². The molecule has 3 nitrogen and oxygen atoms in total. The lowest BCUT2D eigenvalue weighted by Crippen LogP contribution is -2.29. The molecule has 2 rings (SSSR count). The quantitative estimate of drug-likeness (QED) is 0.909. The van der Waals surface area contributed by atoms with Crippen molar-refractivity contribution in [3.8, 4) is 5.75 Å². The number of halogens is 1. The van der Waals surface area contributed by atoms with E-state index in [2.05, 4.69) is 19.2 Å². The third kappa shape index (κ3) is 3.06. The van der Waals surface area contributed by atoms with Crippen LogP contribution in [0.15, 0.2) is 18.2 Å². The number of ether oxygens (including phenoxy) is 1. The molecule has 0 radical (unpaired) electrons. The lowest BCUT2D eigenvalue weighted by molar-refractivity contribution is -0.119. The molecule has 1 saturated heterocycles. The summed E-state index contributed by atoms with van der Waals surface area (Å²) in [6.07, 6.45) is 1.34. The minimum absolute atomic E-state index is 0.0480. The van der Waals surface area contributed by atoms with Gasteiger partial charge in [-0.05, 0) is 30.0 Å². The van der Waals surface area contributed by atoms with Crippen LogP contribution in [0.3, 0.4) is 0 Å². The van der Waals surface area contributed by atoms with Crippen LogP contribution in [0.25, 0.3) is 0 Å². The van der Waals surface area contributed by atoms with Crippen LogP contribution in [0.4, 0.5) is 4.39 Å². The smallest absolute Gasteiger partial charge is 0.220 e. The van der Waals surface area contributed by atoms with Crippen LogP contribution in [0, 0.1) is 11.7 Å². The highest BCUT2D eigenvalue weighted by Gasteiger charge is 2.34. The van der Waals surface area contributed by atoms with Gasteiger partial charge in [-0.1, -0.05) is 19.9 Å². The number of carbonyl (C=O) groups excluding carboxylic acids is 1. The third-order valence-electron chi connectivity index (χ3n) is 3.57. The fourth-order valence-electron chi connectivity index (χ4n) is 2.70. The Bertz CT molecular complexity index is 473. The molecule has 1 fully saturated rings. The van der Waals surface area contributed by atoms with Gasteiger partial charge >= 0.3 is 0 Å². The van der Waals surface area contributed by atoms with E-state index in [4.69, 9.17) is 4.74 Å². The Balaban J connectivity index is 2.23. The van der Waals surface area contributed by atoms with Gasteiger partial charge in [0.1, 0.15) is 0 Å². The Kier molecular flexibility index (Phi) is 4.08. The van der Waals surface area contributed by atoms with Crippen LogP contribution in [0.1, 0.15) is 38.2 Å². The van der Waals surface area contributed by atoms with Crippen molar-refractivity contribution in [2.45, 2.75) is 38.6 Å². The van der Waals surface area contributed by atoms with Crippen LogP contribution < -0.4 is 10.1 Å². The first-order chi connectivity index (χ1) is 9.01. The van der Waals surface area contributed by atoms with Gasteiger partial charge in [-0.3, -0.25) is 4.79 Å². The normalized spacial score (nSPS) is 22.7. The van der Waals surface area contributed by atoms with Gasteiger partial charge in [0, 0.05) is 18.4 Å². The van der Waals surface area contributed by atoms with Gasteiger partial charge < -0.3 is 10.1 Å². The van der Waals surface area contributed by atoms with Crippen LogP contribution in [0.5, 0.6) is 5.75 Å². The Hall–Kier alpha value is -1.58. The molecule has 19 heavy (non-hydrogen) atoms. The number of benzene rings is 1. The maximum absolute atomic E-state index is 13.8. The molecule has 1 aliphatic rings. The van der Waals surface area contributed by atoms with Crippen LogP contribution >= 0.6 is 0 Å². The molecule has 1 amide bonds. The summed E-state index contributed by atoms with van der Waals surface area (Å²) < 4.78 is 18.7. The summed E-state index contributed by atoms with van der Waals surface area (Å²) in [6.45, 7) is 4.24. The van der Waals surface area contributed by atoms with Crippen molar-refractivity contribution in [2.24, 2.45) is 5.92 Å². The Labute approximate surface area is 113 Å². The van der Waals surface area contributed by atoms with E-state index < -0.39 is 0 Å². The van der Waals surface area contributed by atoms with Gasteiger partial charge in [0.2, 0.25) is 5.91 Å². The summed E-state index contributed by atoms with van der Waals surface area (Å²) in [4.78, 5) is 11.6. The second-order valence-electron chi connectivity index (χ2n) is 5.51. The van der Waals surface area contributed by atoms with Crippen LogP contribution in [-0.2, 0) is 4.79 Å². The number of carbonyl (C=O) groups is 1. The van der Waals surface area contributed by atoms with Gasteiger partial charge in [-0.15, -0.1) is 0 Å². The van der Waals surface area contributed by atoms with Gasteiger partial charge in [0.15, 0.2) is 11.6 Å². The molecule has 4 heteroatoms. The minimum Gasteiger partial charge on any atom is -0.494 e. The zero-order valence-electron chi connectivity index (χ0n) is 11.6. The van der Waals surface area contributed by atoms with Gasteiger partial charge in [0.25, 0.3) is 0 Å². The average Bonchev–Trinajstić information content (AvgIpc) is 2.69. The SMILES string of the molecule is COc1ccc(C2CC(=O)NC2CC(C)C)cc1F. The standard InChI is InChI=1S/C15H20FNO2/c1-9(2)6-13-11(8-15(18)17-13)10-4-5-14(19-3)12(16)7-10/h4-5,7,9,11,13H,6,8H2,1-3H3,(H,17,18). The van der Waals surface area contributed by atoms with Crippen molar-refractivity contribution in [3.63, 3.8) is 0 Å². The van der Waals surface area contributed by atoms with E-state index in [0.717, 1.165) is 12.0 Å². The van der Waals surface area contributed by atoms with Crippen molar-refractivity contribution in [1.82, 2.24) is 5.32 Å². The molecule has 1 aliphatic heterocycles. The number of nitrogens with one attached hydrogen (secondary N) is 1. The van der Waals surface area contributed by atoms with Gasteiger partial charge in [-0.2, -0.15) is 0 Å². The molecule has 1 aromatic carbocycles. The molecular formula is C15H20FNO2. The second-order valence-corrected chi connectivity index (χ2v) is 5.51. The van der Waals surface area contributed by atoms with Crippen molar-refractivity contribution in [2.75, 3.05) is 7.11 Å². The van der Waals surface area contributed by atoms with Gasteiger partial charge in [-0.25, -0.2) is 4.39 Å². The fourth-order valence-corrected chi connectivity index (χ4v) is 2.70. The highest BCUT2D eigenvalue weighted by Crippen LogP contribution is 2.33. The Morgan fingerprint density at radius 2 is 2.21 bits per heavy atom. The number of rotatable bonds is 4. The molecule has 0 spiro atoms. The molecule has 0 saturated carbocycles. The predicted molar refractivity (Wildman–Crippen MR) is 71.7 cm³/mol. The van der Waals surface area contributed by atoms with E-state index in [9.17, 15) is 9.18 Å². The molecule has 0 aliphatic carbocycles. The summed E-state index contributed by atoms with van der Waals surface area (Å²) in [7, 11) is 1.44. The summed E-state index contributed by atoms with van der Waals surface area (Å²) in [5, 5.41) is 2.99. The molecule has 1 heterocycles. The van der Waals surface area contributed by atoms with E-state index in [-0.39, 0.29) is 29.4 Å². The van der Waals surface area contributed by atoms with Crippen LogP contribution in [0.2, 0.25) is 0 Å². The number of methoxy groups -OCH3 is 1. The van der Waals surface area contributed by atoms with Gasteiger partial charge in [0.05, 0.1) is 7.11 Å². The van der Waals surface area contributed by atoms with Crippen molar-refractivity contribution in [3.05, 3.63) is 29.6 Å². The first kappa shape index (κ1) is 13.8. The minimum atomic E-state index is -0.373.